The number of fused-ring (bicyclic) bond motifs is 3. The molecule has 2 aromatic heterocycles. The molecule has 0 spiro atoms. The van der Waals surface area contributed by atoms with Gasteiger partial charge in [0.05, 0.1) is 11.4 Å². The number of imide groups is 1. The van der Waals surface area contributed by atoms with Gasteiger partial charge in [-0.15, -0.1) is 0 Å². The van der Waals surface area contributed by atoms with Crippen molar-refractivity contribution in [3.63, 3.8) is 0 Å². The number of aromatic nitrogens is 3. The molecule has 47 heavy (non-hydrogen) atoms. The molecule has 2 N–H and O–H groups in total. The van der Waals surface area contributed by atoms with E-state index in [1.54, 1.807) is 0 Å². The maximum atomic E-state index is 13.6. The highest BCUT2D eigenvalue weighted by Crippen LogP contribution is 2.38. The maximum Gasteiger partial charge on any atom is 0.253 e. The van der Waals surface area contributed by atoms with Crippen LogP contribution in [0.5, 0.6) is 0 Å². The van der Waals surface area contributed by atoms with Crippen LogP contribution in [0.3, 0.4) is 0 Å². The average molecular weight is 633 g/mol. The third-order valence-electron chi connectivity index (χ3n) is 11.0. The molecular formula is C38H44N6O3. The standard InChI is InChI=1S/C38H44N6O3/c1-38(2)14-10-30-33(21-38)40-41-36(30)32-20-28-18-26(7-9-31(28)39-32)37(47)43-16-11-24(12-17-43)22-42-15-13-25-19-29(8-6-27(25)23-42)44-34(45)4-3-5-35(44)46/h6-9,18-20,24,39H,3-5,10-17,21-23H2,1-2H3,(H,40,41). The van der Waals surface area contributed by atoms with Crippen molar-refractivity contribution in [3.8, 4) is 11.4 Å². The van der Waals surface area contributed by atoms with E-state index in [-0.39, 0.29) is 17.7 Å². The topological polar surface area (TPSA) is 105 Å². The molecule has 2 aromatic carbocycles. The van der Waals surface area contributed by atoms with Gasteiger partial charge in [-0.2, -0.15) is 5.10 Å². The van der Waals surface area contributed by atoms with Gasteiger partial charge in [0.15, 0.2) is 0 Å². The molecule has 4 aromatic rings. The number of nitrogens with zero attached hydrogens (tertiary/aromatic N) is 4. The number of anilines is 1. The van der Waals surface area contributed by atoms with Crippen molar-refractivity contribution in [1.29, 1.82) is 0 Å². The van der Waals surface area contributed by atoms with Crippen LogP contribution in [0, 0.1) is 11.3 Å². The van der Waals surface area contributed by atoms with Crippen LogP contribution in [-0.4, -0.2) is 68.9 Å². The SMILES string of the molecule is CC1(C)CCc2c(-c3cc4cc(C(=O)N5CCC(CN6CCc7cc(N8C(=O)CCCC8=O)ccc7C6)CC5)ccc4[nH]3)n[nH]c2C1. The highest BCUT2D eigenvalue weighted by atomic mass is 16.2. The third-order valence-corrected chi connectivity index (χ3v) is 11.0. The van der Waals surface area contributed by atoms with Crippen LogP contribution in [-0.2, 0) is 35.4 Å². The summed E-state index contributed by atoms with van der Waals surface area (Å²) in [6.45, 7) is 9.07. The molecule has 1 aliphatic carbocycles. The van der Waals surface area contributed by atoms with Crippen molar-refractivity contribution in [1.82, 2.24) is 25.0 Å². The summed E-state index contributed by atoms with van der Waals surface area (Å²) < 4.78 is 0. The number of carbonyl (C=O) groups excluding carboxylic acids is 3. The predicted molar refractivity (Wildman–Crippen MR) is 182 cm³/mol. The Balaban J connectivity index is 0.873. The first kappa shape index (κ1) is 30.1. The second kappa shape index (κ2) is 11.8. The summed E-state index contributed by atoms with van der Waals surface area (Å²) in [7, 11) is 0. The Morgan fingerprint density at radius 2 is 1.74 bits per heavy atom. The lowest BCUT2D eigenvalue weighted by atomic mass is 9.76. The van der Waals surface area contributed by atoms with Gasteiger partial charge in [0.1, 0.15) is 5.69 Å². The number of benzene rings is 2. The zero-order chi connectivity index (χ0) is 32.3. The molecule has 2 fully saturated rings. The van der Waals surface area contributed by atoms with Crippen molar-refractivity contribution in [3.05, 3.63) is 70.4 Å². The molecule has 5 heterocycles. The largest absolute Gasteiger partial charge is 0.353 e. The summed E-state index contributed by atoms with van der Waals surface area (Å²) in [6.07, 6.45) is 7.66. The summed E-state index contributed by atoms with van der Waals surface area (Å²) in [6, 6.07) is 14.2. The number of H-pyrrole nitrogens is 2. The summed E-state index contributed by atoms with van der Waals surface area (Å²) in [4.78, 5) is 47.9. The van der Waals surface area contributed by atoms with Crippen molar-refractivity contribution in [2.45, 2.75) is 78.2 Å². The van der Waals surface area contributed by atoms with Crippen LogP contribution in [0.4, 0.5) is 5.69 Å². The summed E-state index contributed by atoms with van der Waals surface area (Å²) in [5.74, 6) is 0.495. The molecule has 0 unspecified atom stereocenters. The van der Waals surface area contributed by atoms with Crippen molar-refractivity contribution >= 4 is 34.3 Å². The van der Waals surface area contributed by atoms with E-state index < -0.39 is 0 Å². The molecule has 9 nitrogen and oxygen atoms in total. The highest BCUT2D eigenvalue weighted by Gasteiger charge is 2.31. The van der Waals surface area contributed by atoms with Gasteiger partial charge in [0.25, 0.3) is 5.91 Å². The Morgan fingerprint density at radius 3 is 2.55 bits per heavy atom. The number of rotatable bonds is 5. The van der Waals surface area contributed by atoms with Crippen LogP contribution >= 0.6 is 0 Å². The zero-order valence-electron chi connectivity index (χ0n) is 27.5. The highest BCUT2D eigenvalue weighted by molar-refractivity contribution is 6.16. The van der Waals surface area contributed by atoms with Gasteiger partial charge in [0.2, 0.25) is 11.8 Å². The van der Waals surface area contributed by atoms with Crippen LogP contribution in [0.2, 0.25) is 0 Å². The van der Waals surface area contributed by atoms with E-state index in [1.165, 1.54) is 27.3 Å². The zero-order valence-corrected chi connectivity index (χ0v) is 27.5. The number of amides is 3. The third kappa shape index (κ3) is 5.79. The van der Waals surface area contributed by atoms with Gasteiger partial charge in [-0.25, -0.2) is 0 Å². The molecule has 4 aliphatic rings. The lowest BCUT2D eigenvalue weighted by molar-refractivity contribution is -0.129. The molecule has 0 radical (unpaired) electrons. The van der Waals surface area contributed by atoms with Crippen molar-refractivity contribution in [2.75, 3.05) is 31.1 Å². The first-order chi connectivity index (χ1) is 22.7. The molecule has 3 amide bonds. The van der Waals surface area contributed by atoms with Crippen molar-refractivity contribution < 1.29 is 14.4 Å². The first-order valence-electron chi connectivity index (χ1n) is 17.4. The number of hydrogen-bond donors (Lipinski definition) is 2. The number of carbonyl (C=O) groups is 3. The van der Waals surface area contributed by atoms with Gasteiger partial charge in [-0.1, -0.05) is 19.9 Å². The average Bonchev–Trinajstić information content (AvgIpc) is 3.67. The van der Waals surface area contributed by atoms with E-state index in [1.807, 2.05) is 35.2 Å². The van der Waals surface area contributed by atoms with Gasteiger partial charge < -0.3 is 9.88 Å². The van der Waals surface area contributed by atoms with E-state index in [9.17, 15) is 14.4 Å². The van der Waals surface area contributed by atoms with Gasteiger partial charge in [-0.3, -0.25) is 29.3 Å². The Hall–Kier alpha value is -4.24. The van der Waals surface area contributed by atoms with E-state index in [0.29, 0.717) is 30.6 Å². The van der Waals surface area contributed by atoms with Crippen molar-refractivity contribution in [2.24, 2.45) is 11.3 Å². The lowest BCUT2D eigenvalue weighted by Gasteiger charge is -2.37. The monoisotopic (exact) mass is 632 g/mol. The minimum atomic E-state index is -0.0879. The van der Waals surface area contributed by atoms with Gasteiger partial charge in [-0.05, 0) is 104 Å². The molecule has 8 rings (SSSR count). The van der Waals surface area contributed by atoms with E-state index in [0.717, 1.165) is 105 Å². The Kier molecular flexibility index (Phi) is 7.54. The Morgan fingerprint density at radius 1 is 0.936 bits per heavy atom. The number of nitrogens with one attached hydrogen (secondary N) is 2. The molecule has 0 bridgehead atoms. The minimum Gasteiger partial charge on any atom is -0.353 e. The molecule has 2 saturated heterocycles. The number of hydrogen-bond acceptors (Lipinski definition) is 5. The molecule has 0 atom stereocenters. The Bertz CT molecular complexity index is 1860. The molecule has 0 saturated carbocycles. The molecule has 9 heteroatoms. The summed E-state index contributed by atoms with van der Waals surface area (Å²) >= 11 is 0. The number of aromatic amines is 2. The predicted octanol–water partition coefficient (Wildman–Crippen LogP) is 6.03. The maximum absolute atomic E-state index is 13.6. The minimum absolute atomic E-state index is 0.0879. The second-order valence-electron chi connectivity index (χ2n) is 15.0. The molecule has 244 valence electrons. The second-order valence-corrected chi connectivity index (χ2v) is 15.0. The fourth-order valence-corrected chi connectivity index (χ4v) is 8.26. The van der Waals surface area contributed by atoms with Crippen LogP contribution in [0.25, 0.3) is 22.3 Å². The molecule has 3 aliphatic heterocycles. The quantitative estimate of drug-likeness (QED) is 0.262. The van der Waals surface area contributed by atoms with E-state index >= 15 is 0 Å². The smallest absolute Gasteiger partial charge is 0.253 e. The summed E-state index contributed by atoms with van der Waals surface area (Å²) in [5, 5.41) is 9.02. The van der Waals surface area contributed by atoms with E-state index in [2.05, 4.69) is 46.1 Å². The van der Waals surface area contributed by atoms with Crippen LogP contribution < -0.4 is 4.90 Å². The van der Waals surface area contributed by atoms with Gasteiger partial charge >= 0.3 is 0 Å². The van der Waals surface area contributed by atoms with E-state index in [4.69, 9.17) is 0 Å². The normalized spacial score (nSPS) is 20.5. The molecular weight excluding hydrogens is 588 g/mol. The number of likely N-dealkylation sites (tertiary alicyclic amines) is 1. The fourth-order valence-electron chi connectivity index (χ4n) is 8.26. The number of piperidine rings is 2. The lowest BCUT2D eigenvalue weighted by Crippen LogP contribution is -2.42. The van der Waals surface area contributed by atoms with Crippen LogP contribution in [0.15, 0.2) is 42.5 Å². The summed E-state index contributed by atoms with van der Waals surface area (Å²) in [5.41, 5.74) is 9.90. The first-order valence-corrected chi connectivity index (χ1v) is 17.4. The fraction of sp³-hybridized carbons (Fsp3) is 0.474. The Labute approximate surface area is 275 Å². The van der Waals surface area contributed by atoms with Crippen LogP contribution in [0.1, 0.15) is 85.1 Å². The van der Waals surface area contributed by atoms with Gasteiger partial charge in [0, 0.05) is 73.3 Å².